The molecule has 2 atom stereocenters. The van der Waals surface area contributed by atoms with E-state index in [0.29, 0.717) is 11.5 Å². The number of aryl methyl sites for hydroxylation is 1. The molecule has 1 aromatic rings. The molecule has 0 saturated carbocycles. The molecule has 0 fully saturated rings. The second kappa shape index (κ2) is 4.91. The lowest BCUT2D eigenvalue weighted by molar-refractivity contribution is 0.344. The van der Waals surface area contributed by atoms with Gasteiger partial charge < -0.3 is 5.73 Å². The zero-order chi connectivity index (χ0) is 12.5. The second-order valence-electron chi connectivity index (χ2n) is 4.75. The van der Waals surface area contributed by atoms with Crippen molar-refractivity contribution in [2.24, 2.45) is 17.6 Å². The lowest BCUT2D eigenvalue weighted by atomic mass is 9.86. The van der Waals surface area contributed by atoms with Gasteiger partial charge in [0.05, 0.1) is 0 Å². The smallest absolute Gasteiger partial charge is 0.128 e. The summed E-state index contributed by atoms with van der Waals surface area (Å²) in [7, 11) is 0. The highest BCUT2D eigenvalue weighted by atomic mass is 19.1. The van der Waals surface area contributed by atoms with Gasteiger partial charge in [-0.2, -0.15) is 0 Å². The minimum absolute atomic E-state index is 0.108. The van der Waals surface area contributed by atoms with E-state index < -0.39 is 17.7 Å². The van der Waals surface area contributed by atoms with Crippen LogP contribution >= 0.6 is 0 Å². The Hall–Kier alpha value is -0.960. The summed E-state index contributed by atoms with van der Waals surface area (Å²) in [5.41, 5.74) is 6.53. The van der Waals surface area contributed by atoms with Crippen LogP contribution in [0.5, 0.6) is 0 Å². The highest BCUT2D eigenvalue weighted by Gasteiger charge is 2.22. The van der Waals surface area contributed by atoms with Gasteiger partial charge in [0.25, 0.3) is 0 Å². The molecule has 0 heterocycles. The van der Waals surface area contributed by atoms with E-state index in [4.69, 9.17) is 5.73 Å². The van der Waals surface area contributed by atoms with Crippen LogP contribution in [0.4, 0.5) is 8.78 Å². The maximum Gasteiger partial charge on any atom is 0.128 e. The summed E-state index contributed by atoms with van der Waals surface area (Å²) in [5.74, 6) is -0.378. The predicted octanol–water partition coefficient (Wildman–Crippen LogP) is 3.57. The number of halogens is 2. The molecule has 2 N–H and O–H groups in total. The van der Waals surface area contributed by atoms with Gasteiger partial charge >= 0.3 is 0 Å². The van der Waals surface area contributed by atoms with Crippen molar-refractivity contribution < 1.29 is 8.78 Å². The SMILES string of the molecule is Cc1cc(F)c(C(N)C(C)C(C)C)cc1F. The van der Waals surface area contributed by atoms with Gasteiger partial charge in [-0.1, -0.05) is 20.8 Å². The summed E-state index contributed by atoms with van der Waals surface area (Å²) in [6.07, 6.45) is 0. The van der Waals surface area contributed by atoms with Crippen molar-refractivity contribution in [3.63, 3.8) is 0 Å². The molecule has 16 heavy (non-hydrogen) atoms. The van der Waals surface area contributed by atoms with E-state index in [9.17, 15) is 8.78 Å². The molecule has 0 aliphatic heterocycles. The topological polar surface area (TPSA) is 26.0 Å². The molecule has 0 bridgehead atoms. The lowest BCUT2D eigenvalue weighted by Crippen LogP contribution is -2.24. The summed E-state index contributed by atoms with van der Waals surface area (Å²) < 4.78 is 27.0. The maximum atomic E-state index is 13.7. The molecule has 1 rings (SSSR count). The molecule has 3 heteroatoms. The van der Waals surface area contributed by atoms with Crippen LogP contribution in [-0.4, -0.2) is 0 Å². The molecule has 0 aromatic heterocycles. The number of benzene rings is 1. The number of nitrogens with two attached hydrogens (primary N) is 1. The molecule has 0 amide bonds. The Morgan fingerprint density at radius 2 is 1.62 bits per heavy atom. The molecule has 0 spiro atoms. The Bertz CT molecular complexity index is 374. The summed E-state index contributed by atoms with van der Waals surface area (Å²) in [6, 6.07) is 1.96. The van der Waals surface area contributed by atoms with Crippen molar-refractivity contribution in [3.05, 3.63) is 34.9 Å². The molecule has 0 aliphatic carbocycles. The molecule has 0 saturated heterocycles. The summed E-state index contributed by atoms with van der Waals surface area (Å²) >= 11 is 0. The molecule has 1 nitrogen and oxygen atoms in total. The summed E-state index contributed by atoms with van der Waals surface area (Å²) in [6.45, 7) is 7.53. The van der Waals surface area contributed by atoms with Crippen molar-refractivity contribution in [2.45, 2.75) is 33.7 Å². The van der Waals surface area contributed by atoms with E-state index in [2.05, 4.69) is 0 Å². The minimum Gasteiger partial charge on any atom is -0.324 e. The average Bonchev–Trinajstić information content (AvgIpc) is 2.21. The van der Waals surface area contributed by atoms with E-state index in [1.54, 1.807) is 6.92 Å². The Morgan fingerprint density at radius 1 is 1.06 bits per heavy atom. The normalized spacial score (nSPS) is 15.2. The second-order valence-corrected chi connectivity index (χ2v) is 4.75. The lowest BCUT2D eigenvalue weighted by Gasteiger charge is -2.24. The van der Waals surface area contributed by atoms with E-state index in [1.807, 2.05) is 20.8 Å². The zero-order valence-electron chi connectivity index (χ0n) is 10.2. The van der Waals surface area contributed by atoms with Gasteiger partial charge in [-0.15, -0.1) is 0 Å². The van der Waals surface area contributed by atoms with Gasteiger partial charge in [-0.25, -0.2) is 8.78 Å². The van der Waals surface area contributed by atoms with Crippen molar-refractivity contribution in [1.82, 2.24) is 0 Å². The van der Waals surface area contributed by atoms with Gasteiger partial charge in [0.2, 0.25) is 0 Å². The number of hydrogen-bond acceptors (Lipinski definition) is 1. The molecule has 2 unspecified atom stereocenters. The highest BCUT2D eigenvalue weighted by Crippen LogP contribution is 2.28. The molecule has 90 valence electrons. The quantitative estimate of drug-likeness (QED) is 0.839. The average molecular weight is 227 g/mol. The predicted molar refractivity (Wildman–Crippen MR) is 62.0 cm³/mol. The first-order valence-electron chi connectivity index (χ1n) is 5.55. The molecular formula is C13H19F2N. The Balaban J connectivity index is 3.08. The van der Waals surface area contributed by atoms with Gasteiger partial charge in [-0.05, 0) is 36.5 Å². The summed E-state index contributed by atoms with van der Waals surface area (Å²) in [5, 5.41) is 0. The fourth-order valence-corrected chi connectivity index (χ4v) is 1.62. The van der Waals surface area contributed by atoms with Crippen LogP contribution in [0.15, 0.2) is 12.1 Å². The first kappa shape index (κ1) is 13.1. The van der Waals surface area contributed by atoms with Crippen molar-refractivity contribution in [2.75, 3.05) is 0 Å². The molecule has 1 aromatic carbocycles. The molecular weight excluding hydrogens is 208 g/mol. The molecule has 0 aliphatic rings. The first-order valence-corrected chi connectivity index (χ1v) is 5.55. The third kappa shape index (κ3) is 2.59. The van der Waals surface area contributed by atoms with E-state index >= 15 is 0 Å². The fourth-order valence-electron chi connectivity index (χ4n) is 1.62. The zero-order valence-corrected chi connectivity index (χ0v) is 10.2. The first-order chi connectivity index (χ1) is 7.34. The largest absolute Gasteiger partial charge is 0.324 e. The third-order valence-corrected chi connectivity index (χ3v) is 3.26. The van der Waals surface area contributed by atoms with E-state index in [-0.39, 0.29) is 11.5 Å². The van der Waals surface area contributed by atoms with Crippen LogP contribution in [0.25, 0.3) is 0 Å². The van der Waals surface area contributed by atoms with E-state index in [0.717, 1.165) is 0 Å². The Labute approximate surface area is 95.7 Å². The van der Waals surface area contributed by atoms with Crippen LogP contribution in [0.3, 0.4) is 0 Å². The van der Waals surface area contributed by atoms with Crippen LogP contribution in [0.2, 0.25) is 0 Å². The Kier molecular flexibility index (Phi) is 4.03. The van der Waals surface area contributed by atoms with E-state index in [1.165, 1.54) is 12.1 Å². The standard InChI is InChI=1S/C13H19F2N/c1-7(2)9(4)13(16)10-6-11(14)8(3)5-12(10)15/h5-7,9,13H,16H2,1-4H3. The number of rotatable bonds is 3. The van der Waals surface area contributed by atoms with Crippen molar-refractivity contribution in [1.29, 1.82) is 0 Å². The van der Waals surface area contributed by atoms with Gasteiger partial charge in [0.1, 0.15) is 11.6 Å². The van der Waals surface area contributed by atoms with Crippen LogP contribution in [0.1, 0.15) is 37.9 Å². The monoisotopic (exact) mass is 227 g/mol. The Morgan fingerprint density at radius 3 is 2.12 bits per heavy atom. The fraction of sp³-hybridized carbons (Fsp3) is 0.538. The van der Waals surface area contributed by atoms with Gasteiger partial charge in [0.15, 0.2) is 0 Å². The molecule has 0 radical (unpaired) electrons. The third-order valence-electron chi connectivity index (χ3n) is 3.26. The van der Waals surface area contributed by atoms with Gasteiger partial charge in [-0.3, -0.25) is 0 Å². The van der Waals surface area contributed by atoms with Crippen LogP contribution in [-0.2, 0) is 0 Å². The van der Waals surface area contributed by atoms with Gasteiger partial charge in [0, 0.05) is 11.6 Å². The highest BCUT2D eigenvalue weighted by molar-refractivity contribution is 5.27. The summed E-state index contributed by atoms with van der Waals surface area (Å²) in [4.78, 5) is 0. The number of hydrogen-bond donors (Lipinski definition) is 1. The van der Waals surface area contributed by atoms with Crippen LogP contribution < -0.4 is 5.73 Å². The van der Waals surface area contributed by atoms with Crippen LogP contribution in [0, 0.1) is 30.4 Å². The maximum absolute atomic E-state index is 13.7. The van der Waals surface area contributed by atoms with Crippen molar-refractivity contribution in [3.8, 4) is 0 Å². The minimum atomic E-state index is -0.463. The van der Waals surface area contributed by atoms with Crippen molar-refractivity contribution >= 4 is 0 Å².